The number of nitriles is 1. The molecule has 4 aromatic rings. The SMILES string of the molecule is C=CC(=O)N1CCN(c2c(C#N)c(NC[C@@H]3CCCN3C)nc3c(F)c(-c4ccc(F)c5sc(N)nc45)c(Cl)cc23)CC1. The first kappa shape index (κ1) is 29.0. The molecule has 0 bridgehead atoms. The molecule has 0 saturated carbocycles. The predicted molar refractivity (Wildman–Crippen MR) is 168 cm³/mol. The predicted octanol–water partition coefficient (Wildman–Crippen LogP) is 5.24. The quantitative estimate of drug-likeness (QED) is 0.281. The summed E-state index contributed by atoms with van der Waals surface area (Å²) >= 11 is 7.75. The van der Waals surface area contributed by atoms with Gasteiger partial charge in [0.2, 0.25) is 5.91 Å². The number of nitrogens with two attached hydrogens (primary N) is 1. The van der Waals surface area contributed by atoms with Crippen LogP contribution < -0.4 is 16.0 Å². The van der Waals surface area contributed by atoms with E-state index in [1.807, 2.05) is 4.90 Å². The number of nitrogen functional groups attached to an aromatic ring is 1. The number of hydrogen-bond acceptors (Lipinski definition) is 9. The topological polar surface area (TPSA) is 114 Å². The van der Waals surface area contributed by atoms with Gasteiger partial charge in [0.15, 0.2) is 10.9 Å². The fourth-order valence-electron chi connectivity index (χ4n) is 6.05. The molecule has 0 aliphatic carbocycles. The van der Waals surface area contributed by atoms with Crippen molar-refractivity contribution >= 4 is 66.6 Å². The maximum absolute atomic E-state index is 16.7. The van der Waals surface area contributed by atoms with Crippen molar-refractivity contribution in [2.75, 3.05) is 62.3 Å². The number of anilines is 3. The van der Waals surface area contributed by atoms with Crippen molar-refractivity contribution in [2.24, 2.45) is 0 Å². The number of nitrogens with one attached hydrogen (secondary N) is 1. The number of fused-ring (bicyclic) bond motifs is 2. The monoisotopic (exact) mass is 622 g/mol. The molecule has 0 unspecified atom stereocenters. The number of amides is 1. The van der Waals surface area contributed by atoms with Gasteiger partial charge in [0.05, 0.1) is 20.9 Å². The lowest BCUT2D eigenvalue weighted by atomic mass is 9.98. The van der Waals surface area contributed by atoms with Crippen molar-refractivity contribution < 1.29 is 13.6 Å². The molecule has 0 radical (unpaired) electrons. The lowest BCUT2D eigenvalue weighted by Crippen LogP contribution is -2.48. The van der Waals surface area contributed by atoms with Crippen LogP contribution >= 0.6 is 22.9 Å². The van der Waals surface area contributed by atoms with E-state index in [0.29, 0.717) is 49.4 Å². The molecule has 3 N–H and O–H groups in total. The number of rotatable bonds is 6. The first-order chi connectivity index (χ1) is 20.7. The van der Waals surface area contributed by atoms with Crippen molar-refractivity contribution in [2.45, 2.75) is 18.9 Å². The van der Waals surface area contributed by atoms with Gasteiger partial charge in [-0.15, -0.1) is 0 Å². The highest BCUT2D eigenvalue weighted by Gasteiger charge is 2.30. The number of nitrogens with zero attached hydrogens (tertiary/aromatic N) is 6. The highest BCUT2D eigenvalue weighted by atomic mass is 35.5. The zero-order chi connectivity index (χ0) is 30.4. The largest absolute Gasteiger partial charge is 0.375 e. The molecule has 1 atom stereocenters. The van der Waals surface area contributed by atoms with Crippen molar-refractivity contribution in [3.63, 3.8) is 0 Å². The third-order valence-electron chi connectivity index (χ3n) is 8.30. The summed E-state index contributed by atoms with van der Waals surface area (Å²) in [6.45, 7) is 6.72. The van der Waals surface area contributed by atoms with E-state index < -0.39 is 11.6 Å². The standard InChI is InChI=1S/C30H29ClF2N8OS/c1-3-22(42)40-9-11-41(12-10-40)27-18-13-20(31)23(17-6-7-21(32)28-26(17)38-30(35)43-28)24(33)25(18)37-29(19(27)14-34)36-15-16-5-4-8-39(16)2/h3,6-7,13,16H,1,4-5,8-12,15H2,2H3,(H2,35,38)(H,36,37)/t16-/m0/s1. The Kier molecular flexibility index (Phi) is 7.81. The van der Waals surface area contributed by atoms with Gasteiger partial charge < -0.3 is 25.8 Å². The molecule has 2 aromatic carbocycles. The average Bonchev–Trinajstić information content (AvgIpc) is 3.61. The van der Waals surface area contributed by atoms with Gasteiger partial charge in [-0.2, -0.15) is 5.26 Å². The summed E-state index contributed by atoms with van der Waals surface area (Å²) < 4.78 is 31.5. The highest BCUT2D eigenvalue weighted by molar-refractivity contribution is 7.22. The van der Waals surface area contributed by atoms with E-state index in [1.54, 1.807) is 11.0 Å². The second kappa shape index (κ2) is 11.6. The summed E-state index contributed by atoms with van der Waals surface area (Å²) in [5.74, 6) is -1.13. The molecule has 2 aromatic heterocycles. The van der Waals surface area contributed by atoms with Gasteiger partial charge in [-0.25, -0.2) is 18.7 Å². The summed E-state index contributed by atoms with van der Waals surface area (Å²) in [4.78, 5) is 27.0. The molecule has 2 aliphatic rings. The molecule has 2 aliphatic heterocycles. The smallest absolute Gasteiger partial charge is 0.246 e. The Morgan fingerprint density at radius 3 is 2.70 bits per heavy atom. The molecule has 13 heteroatoms. The van der Waals surface area contributed by atoms with Gasteiger partial charge in [-0.1, -0.05) is 29.5 Å². The molecule has 2 fully saturated rings. The minimum Gasteiger partial charge on any atom is -0.375 e. The number of likely N-dealkylation sites (N-methyl/N-ethyl adjacent to an activating group) is 1. The van der Waals surface area contributed by atoms with Gasteiger partial charge in [0, 0.05) is 55.3 Å². The van der Waals surface area contributed by atoms with Gasteiger partial charge in [0.1, 0.15) is 28.8 Å². The molecule has 9 nitrogen and oxygen atoms in total. The van der Waals surface area contributed by atoms with Crippen LogP contribution in [0.4, 0.5) is 25.4 Å². The number of hydrogen-bond donors (Lipinski definition) is 2. The number of piperazine rings is 1. The van der Waals surface area contributed by atoms with Gasteiger partial charge in [-0.05, 0) is 50.7 Å². The number of pyridine rings is 1. The number of aromatic nitrogens is 2. The van der Waals surface area contributed by atoms with Gasteiger partial charge in [0.25, 0.3) is 0 Å². The minimum atomic E-state index is -0.714. The zero-order valence-corrected chi connectivity index (χ0v) is 25.0. The van der Waals surface area contributed by atoms with Crippen LogP contribution in [0.5, 0.6) is 0 Å². The first-order valence-corrected chi connectivity index (χ1v) is 15.1. The molecule has 222 valence electrons. The lowest BCUT2D eigenvalue weighted by molar-refractivity contribution is -0.126. The lowest BCUT2D eigenvalue weighted by Gasteiger charge is -2.37. The Balaban J connectivity index is 1.53. The van der Waals surface area contributed by atoms with Crippen molar-refractivity contribution in [1.29, 1.82) is 5.26 Å². The van der Waals surface area contributed by atoms with Crippen molar-refractivity contribution in [1.82, 2.24) is 19.8 Å². The van der Waals surface area contributed by atoms with E-state index in [0.717, 1.165) is 30.7 Å². The summed E-state index contributed by atoms with van der Waals surface area (Å²) in [6, 6.07) is 6.81. The summed E-state index contributed by atoms with van der Waals surface area (Å²) in [5, 5.41) is 14.3. The number of carbonyl (C=O) groups is 1. The van der Waals surface area contributed by atoms with E-state index in [-0.39, 0.29) is 54.8 Å². The zero-order valence-electron chi connectivity index (χ0n) is 23.5. The summed E-state index contributed by atoms with van der Waals surface area (Å²) in [7, 11) is 2.05. The van der Waals surface area contributed by atoms with Crippen molar-refractivity contribution in [3.8, 4) is 17.2 Å². The third-order valence-corrected chi connectivity index (χ3v) is 9.49. The first-order valence-electron chi connectivity index (χ1n) is 13.9. The number of likely N-dealkylation sites (tertiary alicyclic amines) is 1. The maximum atomic E-state index is 16.7. The van der Waals surface area contributed by atoms with Crippen molar-refractivity contribution in [3.05, 3.63) is 53.1 Å². The minimum absolute atomic E-state index is 0.0148. The van der Waals surface area contributed by atoms with Crippen LogP contribution in [0.2, 0.25) is 5.02 Å². The van der Waals surface area contributed by atoms with Crippen LogP contribution in [-0.4, -0.2) is 78.0 Å². The fourth-order valence-corrected chi connectivity index (χ4v) is 7.11. The number of carbonyl (C=O) groups excluding carboxylic acids is 1. The summed E-state index contributed by atoms with van der Waals surface area (Å²) in [6.07, 6.45) is 3.34. The van der Waals surface area contributed by atoms with E-state index >= 15 is 4.39 Å². The van der Waals surface area contributed by atoms with Crippen LogP contribution in [0.15, 0.2) is 30.9 Å². The normalized spacial score (nSPS) is 17.5. The number of halogens is 3. The molecule has 6 rings (SSSR count). The van der Waals surface area contributed by atoms with Crippen LogP contribution in [0.3, 0.4) is 0 Å². The average molecular weight is 623 g/mol. The Hall–Kier alpha value is -4.05. The Morgan fingerprint density at radius 1 is 1.26 bits per heavy atom. The Labute approximate surface area is 256 Å². The van der Waals surface area contributed by atoms with E-state index in [2.05, 4.69) is 39.9 Å². The number of thiazole rings is 1. The van der Waals surface area contributed by atoms with E-state index in [9.17, 15) is 14.4 Å². The Morgan fingerprint density at radius 2 is 2.02 bits per heavy atom. The molecular formula is C30H29ClF2N8OS. The van der Waals surface area contributed by atoms with E-state index in [4.69, 9.17) is 17.3 Å². The molecule has 43 heavy (non-hydrogen) atoms. The maximum Gasteiger partial charge on any atom is 0.246 e. The third kappa shape index (κ3) is 5.11. The molecule has 4 heterocycles. The second-order valence-electron chi connectivity index (χ2n) is 10.7. The number of benzene rings is 2. The van der Waals surface area contributed by atoms with Crippen LogP contribution in [0.1, 0.15) is 18.4 Å². The molecular weight excluding hydrogens is 594 g/mol. The van der Waals surface area contributed by atoms with Crippen LogP contribution in [-0.2, 0) is 4.79 Å². The second-order valence-corrected chi connectivity index (χ2v) is 12.2. The highest BCUT2D eigenvalue weighted by Crippen LogP contribution is 2.44. The fraction of sp³-hybridized carbons (Fsp3) is 0.333. The van der Waals surface area contributed by atoms with Gasteiger partial charge >= 0.3 is 0 Å². The molecule has 2 saturated heterocycles. The summed E-state index contributed by atoms with van der Waals surface area (Å²) in [5.41, 5.74) is 7.19. The van der Waals surface area contributed by atoms with Gasteiger partial charge in [-0.3, -0.25) is 4.79 Å². The molecule has 1 amide bonds. The van der Waals surface area contributed by atoms with Crippen LogP contribution in [0, 0.1) is 23.0 Å². The Bertz CT molecular complexity index is 1810. The van der Waals surface area contributed by atoms with Crippen LogP contribution in [0.25, 0.3) is 32.2 Å². The van der Waals surface area contributed by atoms with E-state index in [1.165, 1.54) is 18.2 Å². The molecule has 0 spiro atoms.